The van der Waals surface area contributed by atoms with Crippen LogP contribution < -0.4 is 14.4 Å². The Bertz CT molecular complexity index is 1560. The van der Waals surface area contributed by atoms with Crippen LogP contribution >= 0.6 is 55.1 Å². The number of imide groups is 2. The molecule has 36 heavy (non-hydrogen) atoms. The summed E-state index contributed by atoms with van der Waals surface area (Å²) in [7, 11) is -4.26. The second-order valence-corrected chi connectivity index (χ2v) is 11.3. The number of rotatable bonds is 5. The van der Waals surface area contributed by atoms with Crippen molar-refractivity contribution in [2.75, 3.05) is 4.90 Å². The molecule has 4 amide bonds. The van der Waals surface area contributed by atoms with Crippen LogP contribution in [0.25, 0.3) is 6.08 Å². The van der Waals surface area contributed by atoms with Crippen LogP contribution in [-0.4, -0.2) is 26.3 Å². The van der Waals surface area contributed by atoms with Crippen LogP contribution in [0, 0.1) is 0 Å². The lowest BCUT2D eigenvalue weighted by molar-refractivity contribution is -0.122. The quantitative estimate of drug-likeness (QED) is 0.204. The molecule has 0 aromatic heterocycles. The predicted molar refractivity (Wildman–Crippen MR) is 142 cm³/mol. The van der Waals surface area contributed by atoms with Gasteiger partial charge in [-0.25, -0.2) is 9.69 Å². The molecule has 0 spiro atoms. The smallest absolute Gasteiger partial charge is 0.339 e. The van der Waals surface area contributed by atoms with E-state index in [4.69, 9.17) is 27.4 Å². The van der Waals surface area contributed by atoms with Crippen molar-refractivity contribution in [3.8, 4) is 5.75 Å². The van der Waals surface area contributed by atoms with E-state index < -0.39 is 33.5 Å². The van der Waals surface area contributed by atoms with Crippen molar-refractivity contribution >= 4 is 94.8 Å². The Morgan fingerprint density at radius 3 is 2.28 bits per heavy atom. The van der Waals surface area contributed by atoms with Gasteiger partial charge in [-0.1, -0.05) is 57.3 Å². The van der Waals surface area contributed by atoms with E-state index in [-0.39, 0.29) is 36.4 Å². The number of barbiturate groups is 1. The highest BCUT2D eigenvalue weighted by Crippen LogP contribution is 2.37. The average molecular weight is 675 g/mol. The number of carbonyl (C=O) groups is 3. The highest BCUT2D eigenvalue weighted by Gasteiger charge is 2.37. The van der Waals surface area contributed by atoms with Crippen LogP contribution in [0.15, 0.2) is 80.1 Å². The van der Waals surface area contributed by atoms with Gasteiger partial charge in [-0.2, -0.15) is 8.42 Å². The van der Waals surface area contributed by atoms with Gasteiger partial charge in [0.15, 0.2) is 5.75 Å². The average Bonchev–Trinajstić information content (AvgIpc) is 2.81. The molecular weight excluding hydrogens is 663 g/mol. The number of urea groups is 1. The molecule has 4 rings (SSSR count). The van der Waals surface area contributed by atoms with Gasteiger partial charge in [0.1, 0.15) is 10.5 Å². The monoisotopic (exact) mass is 672 g/mol. The maximum Gasteiger partial charge on any atom is 0.339 e. The lowest BCUT2D eigenvalue weighted by Crippen LogP contribution is -2.54. The number of anilines is 1. The molecule has 0 unspecified atom stereocenters. The van der Waals surface area contributed by atoms with E-state index in [1.165, 1.54) is 54.6 Å². The molecule has 0 bridgehead atoms. The first kappa shape index (κ1) is 26.4. The van der Waals surface area contributed by atoms with Gasteiger partial charge in [-0.15, -0.1) is 0 Å². The highest BCUT2D eigenvalue weighted by molar-refractivity contribution is 9.11. The molecule has 0 atom stereocenters. The summed E-state index contributed by atoms with van der Waals surface area (Å²) >= 11 is 18.5. The standard InChI is InChI=1S/C23H12Br2Cl2N2O6S/c24-13-8-12(20(17(25)10-13)35-36(33,34)15-4-2-1-3-5-15)9-16-21(30)28-23(32)29(22(16)31)14-6-7-18(26)19(27)11-14/h1-11H,(H,28,30,32)/b16-9+. The van der Waals surface area contributed by atoms with Gasteiger partial charge in [-0.05, 0) is 64.5 Å². The molecule has 0 radical (unpaired) electrons. The van der Waals surface area contributed by atoms with E-state index in [1.54, 1.807) is 6.07 Å². The summed E-state index contributed by atoms with van der Waals surface area (Å²) in [5.41, 5.74) is -0.311. The number of carbonyl (C=O) groups excluding carboxylic acids is 3. The number of hydrogen-bond acceptors (Lipinski definition) is 6. The molecule has 1 heterocycles. The molecular formula is C23H12Br2Cl2N2O6S. The van der Waals surface area contributed by atoms with Crippen molar-refractivity contribution in [1.29, 1.82) is 0 Å². The zero-order valence-electron chi connectivity index (χ0n) is 17.7. The molecule has 8 nitrogen and oxygen atoms in total. The molecule has 3 aromatic rings. The van der Waals surface area contributed by atoms with Crippen LogP contribution in [0.3, 0.4) is 0 Å². The molecule has 1 aliphatic heterocycles. The summed E-state index contributed by atoms with van der Waals surface area (Å²) in [4.78, 5) is 39.0. The van der Waals surface area contributed by atoms with Crippen LogP contribution in [0.2, 0.25) is 10.0 Å². The largest absolute Gasteiger partial charge is 0.377 e. The summed E-state index contributed by atoms with van der Waals surface area (Å²) in [5, 5.41) is 2.38. The summed E-state index contributed by atoms with van der Waals surface area (Å²) < 4.78 is 31.8. The zero-order valence-corrected chi connectivity index (χ0v) is 23.2. The van der Waals surface area contributed by atoms with Crippen molar-refractivity contribution in [2.45, 2.75) is 4.90 Å². The second-order valence-electron chi connectivity index (χ2n) is 7.21. The number of amides is 4. The van der Waals surface area contributed by atoms with Crippen LogP contribution in [0.1, 0.15) is 5.56 Å². The van der Waals surface area contributed by atoms with E-state index >= 15 is 0 Å². The van der Waals surface area contributed by atoms with Crippen molar-refractivity contribution in [3.63, 3.8) is 0 Å². The number of benzene rings is 3. The Kier molecular flexibility index (Phi) is 7.58. The lowest BCUT2D eigenvalue weighted by Gasteiger charge is -2.26. The zero-order chi connectivity index (χ0) is 26.2. The van der Waals surface area contributed by atoms with Gasteiger partial charge >= 0.3 is 16.1 Å². The normalized spacial score (nSPS) is 15.3. The SMILES string of the molecule is O=C1NC(=O)N(c2ccc(Cl)c(Cl)c2)C(=O)/C1=C/c1cc(Br)cc(Br)c1OS(=O)(=O)c1ccccc1. The lowest BCUT2D eigenvalue weighted by atomic mass is 10.1. The fourth-order valence-electron chi connectivity index (χ4n) is 3.19. The topological polar surface area (TPSA) is 110 Å². The molecule has 184 valence electrons. The summed E-state index contributed by atoms with van der Waals surface area (Å²) in [6.07, 6.45) is 1.12. The summed E-state index contributed by atoms with van der Waals surface area (Å²) in [6.45, 7) is 0. The highest BCUT2D eigenvalue weighted by atomic mass is 79.9. The third-order valence-corrected chi connectivity index (χ3v) is 7.85. The Labute approximate surface area is 232 Å². The first-order valence-electron chi connectivity index (χ1n) is 9.83. The predicted octanol–water partition coefficient (Wildman–Crippen LogP) is 5.95. The molecule has 0 aliphatic carbocycles. The maximum absolute atomic E-state index is 13.3. The van der Waals surface area contributed by atoms with E-state index in [0.29, 0.717) is 9.37 Å². The van der Waals surface area contributed by atoms with Crippen molar-refractivity contribution in [2.24, 2.45) is 0 Å². The van der Waals surface area contributed by atoms with Gasteiger partial charge in [-0.3, -0.25) is 14.9 Å². The molecule has 0 saturated carbocycles. The van der Waals surface area contributed by atoms with Crippen LogP contribution in [0.5, 0.6) is 5.75 Å². The van der Waals surface area contributed by atoms with Gasteiger partial charge < -0.3 is 4.18 Å². The van der Waals surface area contributed by atoms with E-state index in [2.05, 4.69) is 37.2 Å². The minimum absolute atomic E-state index is 0.0673. The first-order chi connectivity index (χ1) is 17.0. The van der Waals surface area contributed by atoms with Gasteiger partial charge in [0.2, 0.25) is 0 Å². The summed E-state index contributed by atoms with van der Waals surface area (Å²) in [5.74, 6) is -2.11. The van der Waals surface area contributed by atoms with Crippen molar-refractivity contribution in [3.05, 3.63) is 90.8 Å². The molecule has 1 N–H and O–H groups in total. The maximum atomic E-state index is 13.3. The third-order valence-electron chi connectivity index (χ3n) is 4.82. The first-order valence-corrected chi connectivity index (χ1v) is 13.6. The molecule has 1 fully saturated rings. The third kappa shape index (κ3) is 5.35. The molecule has 1 aliphatic rings. The van der Waals surface area contributed by atoms with Crippen LogP contribution in [-0.2, 0) is 19.7 Å². The van der Waals surface area contributed by atoms with Crippen molar-refractivity contribution < 1.29 is 27.0 Å². The van der Waals surface area contributed by atoms with Crippen LogP contribution in [0.4, 0.5) is 10.5 Å². The van der Waals surface area contributed by atoms with E-state index in [0.717, 1.165) is 6.08 Å². The fourth-order valence-corrected chi connectivity index (χ4v) is 5.92. The van der Waals surface area contributed by atoms with Gasteiger partial charge in [0.25, 0.3) is 11.8 Å². The minimum atomic E-state index is -4.26. The second kappa shape index (κ2) is 10.3. The molecule has 1 saturated heterocycles. The number of nitrogens with one attached hydrogen (secondary N) is 1. The minimum Gasteiger partial charge on any atom is -0.377 e. The van der Waals surface area contributed by atoms with E-state index in [1.807, 2.05) is 0 Å². The Balaban J connectivity index is 1.80. The number of hydrogen-bond donors (Lipinski definition) is 1. The number of halogens is 4. The Morgan fingerprint density at radius 2 is 1.61 bits per heavy atom. The Hall–Kier alpha value is -2.70. The Morgan fingerprint density at radius 1 is 0.917 bits per heavy atom. The van der Waals surface area contributed by atoms with E-state index in [9.17, 15) is 22.8 Å². The molecule has 13 heteroatoms. The van der Waals surface area contributed by atoms with Gasteiger partial charge in [0.05, 0.1) is 20.2 Å². The van der Waals surface area contributed by atoms with Crippen molar-refractivity contribution in [1.82, 2.24) is 5.32 Å². The molecule has 3 aromatic carbocycles. The van der Waals surface area contributed by atoms with Gasteiger partial charge in [0, 0.05) is 10.0 Å². The number of nitrogens with zero attached hydrogens (tertiary/aromatic N) is 1. The fraction of sp³-hybridized carbons (Fsp3) is 0. The summed E-state index contributed by atoms with van der Waals surface area (Å²) in [6, 6.07) is 13.5.